The van der Waals surface area contributed by atoms with Gasteiger partial charge in [-0.3, -0.25) is 0 Å². The van der Waals surface area contributed by atoms with Crippen LogP contribution in [-0.2, 0) is 18.0 Å². The van der Waals surface area contributed by atoms with E-state index >= 15 is 0 Å². The van der Waals surface area contributed by atoms with Crippen molar-refractivity contribution < 1.29 is 4.74 Å². The van der Waals surface area contributed by atoms with Crippen molar-refractivity contribution in [3.63, 3.8) is 0 Å². The molecule has 0 saturated heterocycles. The van der Waals surface area contributed by atoms with Crippen LogP contribution >= 0.6 is 23.2 Å². The number of ether oxygens (including phenoxy) is 1. The van der Waals surface area contributed by atoms with E-state index in [1.54, 1.807) is 12.1 Å². The smallest absolute Gasteiger partial charge is 0.123 e. The van der Waals surface area contributed by atoms with Crippen LogP contribution in [0.15, 0.2) is 36.4 Å². The number of pyridine rings is 1. The summed E-state index contributed by atoms with van der Waals surface area (Å²) >= 11 is 11.8. The maximum absolute atomic E-state index is 5.98. The molecule has 0 spiro atoms. The fourth-order valence-electron chi connectivity index (χ4n) is 1.45. The number of anilines is 1. The Hall–Kier alpha value is -1.29. The maximum Gasteiger partial charge on any atom is 0.123 e. The van der Waals surface area contributed by atoms with Gasteiger partial charge in [-0.2, -0.15) is 0 Å². The van der Waals surface area contributed by atoms with Crippen LogP contribution in [0.4, 0.5) is 5.82 Å². The molecule has 0 saturated carbocycles. The van der Waals surface area contributed by atoms with Crippen LogP contribution in [0, 0.1) is 0 Å². The number of hydrogen-bond donors (Lipinski definition) is 1. The summed E-state index contributed by atoms with van der Waals surface area (Å²) in [5, 5.41) is 1.26. The minimum absolute atomic E-state index is 0.326. The first-order valence-corrected chi connectivity index (χ1v) is 6.14. The van der Waals surface area contributed by atoms with Crippen LogP contribution in [0.2, 0.25) is 10.0 Å². The molecule has 0 amide bonds. The summed E-state index contributed by atoms with van der Waals surface area (Å²) in [6, 6.07) is 10.8. The van der Waals surface area contributed by atoms with E-state index in [4.69, 9.17) is 33.7 Å². The molecule has 18 heavy (non-hydrogen) atoms. The first-order valence-electron chi connectivity index (χ1n) is 5.38. The van der Waals surface area contributed by atoms with Gasteiger partial charge in [0.15, 0.2) is 0 Å². The molecule has 0 fully saturated rings. The molecule has 2 aromatic rings. The number of halogens is 2. The molecule has 0 bridgehead atoms. The third-order valence-electron chi connectivity index (χ3n) is 2.36. The Balaban J connectivity index is 1.92. The van der Waals surface area contributed by atoms with Crippen molar-refractivity contribution in [2.75, 3.05) is 5.73 Å². The Morgan fingerprint density at radius 3 is 2.44 bits per heavy atom. The molecule has 0 aliphatic heterocycles. The molecule has 2 N–H and O–H groups in total. The van der Waals surface area contributed by atoms with Crippen LogP contribution in [-0.4, -0.2) is 4.98 Å². The minimum Gasteiger partial charge on any atom is -0.384 e. The first kappa shape index (κ1) is 13.1. The maximum atomic E-state index is 5.98. The van der Waals surface area contributed by atoms with Crippen LogP contribution < -0.4 is 5.73 Å². The lowest BCUT2D eigenvalue weighted by molar-refractivity contribution is 0.105. The van der Waals surface area contributed by atoms with Crippen molar-refractivity contribution in [2.24, 2.45) is 0 Å². The minimum atomic E-state index is 0.326. The highest BCUT2D eigenvalue weighted by Crippen LogP contribution is 2.17. The molecule has 1 aromatic carbocycles. The van der Waals surface area contributed by atoms with Gasteiger partial charge in [-0.05, 0) is 29.8 Å². The van der Waals surface area contributed by atoms with Crippen LogP contribution in [0.25, 0.3) is 0 Å². The van der Waals surface area contributed by atoms with Crippen LogP contribution in [0.3, 0.4) is 0 Å². The number of hydrogen-bond acceptors (Lipinski definition) is 3. The molecule has 0 radical (unpaired) electrons. The molecule has 0 unspecified atom stereocenters. The summed E-state index contributed by atoms with van der Waals surface area (Å²) in [4.78, 5) is 4.12. The monoisotopic (exact) mass is 282 g/mol. The van der Waals surface area contributed by atoms with E-state index in [-0.39, 0.29) is 0 Å². The van der Waals surface area contributed by atoms with Crippen molar-refractivity contribution in [2.45, 2.75) is 13.2 Å². The summed E-state index contributed by atoms with van der Waals surface area (Å²) in [5.74, 6) is 0.435. The summed E-state index contributed by atoms with van der Waals surface area (Å²) < 4.78 is 5.54. The summed E-state index contributed by atoms with van der Waals surface area (Å²) in [6.45, 7) is 0.802. The van der Waals surface area contributed by atoms with Gasteiger partial charge in [0.05, 0.1) is 23.9 Å². The predicted octanol–water partition coefficient (Wildman–Crippen LogP) is 3.69. The first-order chi connectivity index (χ1) is 8.65. The average Bonchev–Trinajstić information content (AvgIpc) is 2.36. The molecule has 2 rings (SSSR count). The van der Waals surface area contributed by atoms with Crippen molar-refractivity contribution in [3.8, 4) is 0 Å². The highest BCUT2D eigenvalue weighted by atomic mass is 35.5. The average molecular weight is 283 g/mol. The van der Waals surface area contributed by atoms with Gasteiger partial charge in [-0.25, -0.2) is 4.98 Å². The second kappa shape index (κ2) is 6.05. The summed E-state index contributed by atoms with van der Waals surface area (Å²) in [6.07, 6.45) is 0. The van der Waals surface area contributed by atoms with E-state index < -0.39 is 0 Å². The number of nitrogens with two attached hydrogens (primary N) is 1. The largest absolute Gasteiger partial charge is 0.384 e. The van der Waals surface area contributed by atoms with E-state index in [2.05, 4.69) is 4.98 Å². The van der Waals surface area contributed by atoms with Gasteiger partial charge in [-0.1, -0.05) is 35.3 Å². The normalized spacial score (nSPS) is 10.6. The molecule has 1 heterocycles. The fourth-order valence-corrected chi connectivity index (χ4v) is 1.73. The van der Waals surface area contributed by atoms with Gasteiger partial charge in [0.2, 0.25) is 0 Å². The number of nitrogen functional groups attached to an aromatic ring is 1. The van der Waals surface area contributed by atoms with Crippen molar-refractivity contribution >= 4 is 29.0 Å². The van der Waals surface area contributed by atoms with Gasteiger partial charge >= 0.3 is 0 Å². The SMILES string of the molecule is Nc1ccc(Cl)c(COCc2ccc(Cl)cc2)n1. The zero-order valence-electron chi connectivity index (χ0n) is 9.57. The van der Waals surface area contributed by atoms with Crippen molar-refractivity contribution in [1.29, 1.82) is 0 Å². The summed E-state index contributed by atoms with van der Waals surface area (Å²) in [7, 11) is 0. The third-order valence-corrected chi connectivity index (χ3v) is 2.96. The Morgan fingerprint density at radius 2 is 1.72 bits per heavy atom. The molecular formula is C13H12Cl2N2O. The number of nitrogens with zero attached hydrogens (tertiary/aromatic N) is 1. The zero-order chi connectivity index (χ0) is 13.0. The van der Waals surface area contributed by atoms with Gasteiger partial charge in [0, 0.05) is 5.02 Å². The lowest BCUT2D eigenvalue weighted by Crippen LogP contribution is -2.00. The highest BCUT2D eigenvalue weighted by Gasteiger charge is 2.03. The third kappa shape index (κ3) is 3.60. The van der Waals surface area contributed by atoms with E-state index in [0.717, 1.165) is 5.56 Å². The highest BCUT2D eigenvalue weighted by molar-refractivity contribution is 6.31. The fraction of sp³-hybridized carbons (Fsp3) is 0.154. The Kier molecular flexibility index (Phi) is 4.42. The van der Waals surface area contributed by atoms with Gasteiger partial charge in [0.1, 0.15) is 5.82 Å². The molecule has 94 valence electrons. The van der Waals surface area contributed by atoms with E-state index in [1.165, 1.54) is 0 Å². The quantitative estimate of drug-likeness (QED) is 0.931. The molecular weight excluding hydrogens is 271 g/mol. The van der Waals surface area contributed by atoms with Crippen LogP contribution in [0.1, 0.15) is 11.3 Å². The number of benzene rings is 1. The number of rotatable bonds is 4. The lowest BCUT2D eigenvalue weighted by atomic mass is 10.2. The second-order valence-electron chi connectivity index (χ2n) is 3.78. The molecule has 1 aromatic heterocycles. The van der Waals surface area contributed by atoms with E-state index in [0.29, 0.717) is 34.8 Å². The Labute approximate surface area is 115 Å². The van der Waals surface area contributed by atoms with Crippen molar-refractivity contribution in [3.05, 3.63) is 57.7 Å². The van der Waals surface area contributed by atoms with Crippen molar-refractivity contribution in [1.82, 2.24) is 4.98 Å². The zero-order valence-corrected chi connectivity index (χ0v) is 11.1. The van der Waals surface area contributed by atoms with Gasteiger partial charge < -0.3 is 10.5 Å². The predicted molar refractivity (Wildman–Crippen MR) is 73.6 cm³/mol. The Morgan fingerprint density at radius 1 is 1.00 bits per heavy atom. The molecule has 0 atom stereocenters. The lowest BCUT2D eigenvalue weighted by Gasteiger charge is -2.06. The van der Waals surface area contributed by atoms with Crippen LogP contribution in [0.5, 0.6) is 0 Å². The van der Waals surface area contributed by atoms with Gasteiger partial charge in [0.25, 0.3) is 0 Å². The topological polar surface area (TPSA) is 48.1 Å². The second-order valence-corrected chi connectivity index (χ2v) is 4.63. The van der Waals surface area contributed by atoms with Gasteiger partial charge in [-0.15, -0.1) is 0 Å². The molecule has 5 heteroatoms. The molecule has 0 aliphatic rings. The van der Waals surface area contributed by atoms with E-state index in [9.17, 15) is 0 Å². The molecule has 3 nitrogen and oxygen atoms in total. The summed E-state index contributed by atoms with van der Waals surface area (Å²) in [5.41, 5.74) is 7.27. The van der Waals surface area contributed by atoms with E-state index in [1.807, 2.05) is 24.3 Å². The number of aromatic nitrogens is 1. The molecule has 0 aliphatic carbocycles. The Bertz CT molecular complexity index is 529. The standard InChI is InChI=1S/C13H12Cl2N2O/c14-10-3-1-9(2-4-10)7-18-8-12-11(15)5-6-13(16)17-12/h1-6H,7-8H2,(H2,16,17).